The third kappa shape index (κ3) is 2.54. The summed E-state index contributed by atoms with van der Waals surface area (Å²) in [5, 5.41) is 4.71. The van der Waals surface area contributed by atoms with Crippen LogP contribution in [0.3, 0.4) is 0 Å². The fourth-order valence-corrected chi connectivity index (χ4v) is 4.75. The smallest absolute Gasteiger partial charge is 0.260 e. The third-order valence-electron chi connectivity index (χ3n) is 6.09. The van der Waals surface area contributed by atoms with E-state index in [0.29, 0.717) is 28.2 Å². The topological polar surface area (TPSA) is 55.2 Å². The minimum atomic E-state index is -0.509. The van der Waals surface area contributed by atoms with Gasteiger partial charge in [0, 0.05) is 22.8 Å². The number of amides is 1. The maximum absolute atomic E-state index is 14.0. The SMILES string of the molecule is Cc1cc2n(n1)C(c1ccccc1)=C(C(=O)c1ccccc1)C1c3ccccc3C(=O)N21. The molecule has 1 atom stereocenters. The molecule has 4 aromatic rings. The summed E-state index contributed by atoms with van der Waals surface area (Å²) in [5.74, 6) is 0.456. The van der Waals surface area contributed by atoms with E-state index in [1.54, 1.807) is 9.58 Å². The van der Waals surface area contributed by atoms with Crippen molar-refractivity contribution in [2.24, 2.45) is 0 Å². The molecule has 2 aliphatic rings. The van der Waals surface area contributed by atoms with Gasteiger partial charge in [0.15, 0.2) is 5.78 Å². The molecule has 6 rings (SSSR count). The van der Waals surface area contributed by atoms with Gasteiger partial charge in [-0.2, -0.15) is 5.10 Å². The highest BCUT2D eigenvalue weighted by atomic mass is 16.2. The average Bonchev–Trinajstić information content (AvgIpc) is 3.36. The molecule has 5 nitrogen and oxygen atoms in total. The van der Waals surface area contributed by atoms with Crippen molar-refractivity contribution in [3.63, 3.8) is 0 Å². The minimum absolute atomic E-state index is 0.109. The van der Waals surface area contributed by atoms with Gasteiger partial charge in [-0.25, -0.2) is 4.68 Å². The van der Waals surface area contributed by atoms with Crippen LogP contribution in [-0.4, -0.2) is 21.5 Å². The van der Waals surface area contributed by atoms with Crippen LogP contribution in [0.1, 0.15) is 43.6 Å². The zero-order valence-corrected chi connectivity index (χ0v) is 17.4. The van der Waals surface area contributed by atoms with Gasteiger partial charge in [0.1, 0.15) is 5.82 Å². The zero-order chi connectivity index (χ0) is 21.8. The Kier molecular flexibility index (Phi) is 3.98. The maximum atomic E-state index is 14.0. The summed E-state index contributed by atoms with van der Waals surface area (Å²) >= 11 is 0. The molecule has 0 spiro atoms. The molecule has 32 heavy (non-hydrogen) atoms. The van der Waals surface area contributed by atoms with Crippen molar-refractivity contribution in [2.75, 3.05) is 4.90 Å². The number of benzene rings is 3. The Morgan fingerprint density at radius 2 is 1.53 bits per heavy atom. The molecule has 0 N–H and O–H groups in total. The molecule has 3 aromatic carbocycles. The van der Waals surface area contributed by atoms with Crippen LogP contribution in [0, 0.1) is 6.92 Å². The number of carbonyl (C=O) groups is 2. The molecule has 1 aromatic heterocycles. The Morgan fingerprint density at radius 3 is 2.28 bits per heavy atom. The fourth-order valence-electron chi connectivity index (χ4n) is 4.75. The Labute approximate surface area is 185 Å². The Morgan fingerprint density at radius 1 is 0.875 bits per heavy atom. The van der Waals surface area contributed by atoms with Gasteiger partial charge in [0.05, 0.1) is 23.0 Å². The van der Waals surface area contributed by atoms with Gasteiger partial charge in [0.25, 0.3) is 5.91 Å². The highest BCUT2D eigenvalue weighted by Gasteiger charge is 2.47. The van der Waals surface area contributed by atoms with Crippen molar-refractivity contribution in [3.05, 3.63) is 125 Å². The Balaban J connectivity index is 1.73. The summed E-state index contributed by atoms with van der Waals surface area (Å²) in [5.41, 5.74) is 4.98. The number of anilines is 1. The van der Waals surface area contributed by atoms with Crippen molar-refractivity contribution in [1.29, 1.82) is 0 Å². The molecule has 0 saturated heterocycles. The van der Waals surface area contributed by atoms with Crippen LogP contribution in [0.5, 0.6) is 0 Å². The minimum Gasteiger partial charge on any atom is -0.289 e. The number of hydrogen-bond donors (Lipinski definition) is 0. The van der Waals surface area contributed by atoms with Crippen LogP contribution >= 0.6 is 0 Å². The van der Waals surface area contributed by atoms with E-state index in [0.717, 1.165) is 16.8 Å². The second kappa shape index (κ2) is 6.89. The lowest BCUT2D eigenvalue weighted by atomic mass is 9.87. The number of nitrogens with zero attached hydrogens (tertiary/aromatic N) is 3. The largest absolute Gasteiger partial charge is 0.289 e. The maximum Gasteiger partial charge on any atom is 0.260 e. The molecule has 1 unspecified atom stereocenters. The molecule has 154 valence electrons. The second-order valence-electron chi connectivity index (χ2n) is 8.04. The third-order valence-corrected chi connectivity index (χ3v) is 6.09. The van der Waals surface area contributed by atoms with Crippen molar-refractivity contribution in [3.8, 4) is 0 Å². The van der Waals surface area contributed by atoms with Gasteiger partial charge in [-0.05, 0) is 18.6 Å². The lowest BCUT2D eigenvalue weighted by Gasteiger charge is -2.34. The lowest BCUT2D eigenvalue weighted by Crippen LogP contribution is -2.37. The van der Waals surface area contributed by atoms with E-state index in [4.69, 9.17) is 5.10 Å². The molecule has 1 amide bonds. The molecule has 3 heterocycles. The number of rotatable bonds is 3. The highest BCUT2D eigenvalue weighted by molar-refractivity contribution is 6.20. The molecule has 0 radical (unpaired) electrons. The van der Waals surface area contributed by atoms with Crippen LogP contribution in [0.4, 0.5) is 5.82 Å². The molecule has 5 heteroatoms. The van der Waals surface area contributed by atoms with Crippen molar-refractivity contribution >= 4 is 23.2 Å². The zero-order valence-electron chi connectivity index (χ0n) is 17.4. The first-order valence-corrected chi connectivity index (χ1v) is 10.5. The predicted molar refractivity (Wildman–Crippen MR) is 122 cm³/mol. The lowest BCUT2D eigenvalue weighted by molar-refractivity contribution is 0.0987. The number of aryl methyl sites for hydroxylation is 1. The summed E-state index contributed by atoms with van der Waals surface area (Å²) in [7, 11) is 0. The van der Waals surface area contributed by atoms with E-state index in [2.05, 4.69) is 0 Å². The summed E-state index contributed by atoms with van der Waals surface area (Å²) in [4.78, 5) is 29.2. The molecule has 0 saturated carbocycles. The first kappa shape index (κ1) is 18.5. The first-order valence-electron chi connectivity index (χ1n) is 10.5. The Bertz CT molecular complexity index is 1420. The summed E-state index contributed by atoms with van der Waals surface area (Å²) in [6.45, 7) is 1.90. The van der Waals surface area contributed by atoms with E-state index in [1.807, 2.05) is 97.9 Å². The number of Topliss-reactive ketones (excluding diaryl/α,β-unsaturated/α-hetero) is 1. The second-order valence-corrected chi connectivity index (χ2v) is 8.04. The van der Waals surface area contributed by atoms with Crippen LogP contribution in [0.15, 0.2) is 96.6 Å². The number of hydrogen-bond acceptors (Lipinski definition) is 3. The highest BCUT2D eigenvalue weighted by Crippen LogP contribution is 2.49. The van der Waals surface area contributed by atoms with Crippen molar-refractivity contribution in [1.82, 2.24) is 9.78 Å². The molecular weight excluding hydrogens is 398 g/mol. The molecular formula is C27H19N3O2. The van der Waals surface area contributed by atoms with Crippen molar-refractivity contribution < 1.29 is 9.59 Å². The predicted octanol–water partition coefficient (Wildman–Crippen LogP) is 5.05. The van der Waals surface area contributed by atoms with Crippen LogP contribution in [-0.2, 0) is 0 Å². The van der Waals surface area contributed by atoms with Crippen molar-refractivity contribution in [2.45, 2.75) is 13.0 Å². The normalized spacial score (nSPS) is 16.6. The molecule has 0 fully saturated rings. The summed E-state index contributed by atoms with van der Waals surface area (Å²) in [6.07, 6.45) is 0. The van der Waals surface area contributed by atoms with E-state index >= 15 is 0 Å². The van der Waals surface area contributed by atoms with E-state index in [1.165, 1.54) is 0 Å². The Hall–Kier alpha value is -4.25. The van der Waals surface area contributed by atoms with Gasteiger partial charge in [0.2, 0.25) is 0 Å². The standard InChI is InChI=1S/C27H19N3O2/c1-17-16-22-29-25(20-14-8-9-15-21(20)27(29)32)23(26(31)19-12-6-3-7-13-19)24(30(22)28-17)18-10-4-2-5-11-18/h2-16,25H,1H3. The van der Waals surface area contributed by atoms with Gasteiger partial charge in [-0.1, -0.05) is 78.9 Å². The molecule has 2 aliphatic heterocycles. The van der Waals surface area contributed by atoms with Gasteiger partial charge >= 0.3 is 0 Å². The van der Waals surface area contributed by atoms with Crippen LogP contribution in [0.2, 0.25) is 0 Å². The summed E-state index contributed by atoms with van der Waals surface area (Å²) < 4.78 is 1.75. The van der Waals surface area contributed by atoms with E-state index in [-0.39, 0.29) is 11.7 Å². The van der Waals surface area contributed by atoms with Crippen LogP contribution < -0.4 is 4.90 Å². The van der Waals surface area contributed by atoms with Gasteiger partial charge < -0.3 is 0 Å². The van der Waals surface area contributed by atoms with E-state index < -0.39 is 6.04 Å². The van der Waals surface area contributed by atoms with Gasteiger partial charge in [-0.15, -0.1) is 0 Å². The fraction of sp³-hybridized carbons (Fsp3) is 0.0741. The summed E-state index contributed by atoms with van der Waals surface area (Å²) in [6, 6.07) is 28.0. The van der Waals surface area contributed by atoms with Crippen LogP contribution in [0.25, 0.3) is 5.70 Å². The molecule has 0 bridgehead atoms. The number of ketones is 1. The first-order chi connectivity index (χ1) is 15.6. The quantitative estimate of drug-likeness (QED) is 0.439. The van der Waals surface area contributed by atoms with Gasteiger partial charge in [-0.3, -0.25) is 14.5 Å². The van der Waals surface area contributed by atoms with E-state index in [9.17, 15) is 9.59 Å². The number of fused-ring (bicyclic) bond motifs is 5. The number of aromatic nitrogens is 2. The monoisotopic (exact) mass is 417 g/mol. The number of carbonyl (C=O) groups excluding carboxylic acids is 2. The molecule has 0 aliphatic carbocycles. The average molecular weight is 417 g/mol.